The van der Waals surface area contributed by atoms with Gasteiger partial charge < -0.3 is 19.3 Å². The standard InChI is InChI=1S/C22H26O7/c1-12-16-11-29-22(26)19(16)18(21(24)25)15(20(12)28-3)9-8-13-6-4-5-7-14(13)10-17(23)27-2/h8,14H,4-7,9-11H2,1-3H3,(H,24,25)/b13-8+. The Hall–Kier alpha value is -2.83. The Labute approximate surface area is 169 Å². The lowest BCUT2D eigenvalue weighted by Crippen LogP contribution is -2.17. The lowest BCUT2D eigenvalue weighted by atomic mass is 9.81. The van der Waals surface area contributed by atoms with Crippen molar-refractivity contribution in [3.63, 3.8) is 0 Å². The van der Waals surface area contributed by atoms with E-state index in [9.17, 15) is 19.5 Å². The zero-order chi connectivity index (χ0) is 21.1. The van der Waals surface area contributed by atoms with Gasteiger partial charge in [-0.25, -0.2) is 9.59 Å². The van der Waals surface area contributed by atoms with Crippen molar-refractivity contribution >= 4 is 17.9 Å². The first kappa shape index (κ1) is 20.9. The highest BCUT2D eigenvalue weighted by molar-refractivity contribution is 6.07. The molecule has 1 aromatic carbocycles. The minimum Gasteiger partial charge on any atom is -0.496 e. The molecule has 1 unspecified atom stereocenters. The molecular formula is C22H26O7. The van der Waals surface area contributed by atoms with Crippen molar-refractivity contribution in [2.45, 2.75) is 52.1 Å². The maximum Gasteiger partial charge on any atom is 0.339 e. The Bertz CT molecular complexity index is 882. The second-order valence-corrected chi connectivity index (χ2v) is 7.45. The predicted octanol–water partition coefficient (Wildman–Crippen LogP) is 3.59. The van der Waals surface area contributed by atoms with Gasteiger partial charge in [0.2, 0.25) is 0 Å². The van der Waals surface area contributed by atoms with Gasteiger partial charge >= 0.3 is 17.9 Å². The Kier molecular flexibility index (Phi) is 6.25. The Morgan fingerprint density at radius 3 is 2.69 bits per heavy atom. The van der Waals surface area contributed by atoms with Gasteiger partial charge in [0.1, 0.15) is 12.4 Å². The van der Waals surface area contributed by atoms with Gasteiger partial charge in [0.15, 0.2) is 0 Å². The van der Waals surface area contributed by atoms with Gasteiger partial charge in [-0.05, 0) is 44.1 Å². The Balaban J connectivity index is 2.04. The third-order valence-corrected chi connectivity index (χ3v) is 5.89. The minimum atomic E-state index is -1.18. The van der Waals surface area contributed by atoms with E-state index in [1.54, 1.807) is 0 Å². The van der Waals surface area contributed by atoms with Crippen molar-refractivity contribution in [2.75, 3.05) is 14.2 Å². The summed E-state index contributed by atoms with van der Waals surface area (Å²) in [6, 6.07) is 0. The summed E-state index contributed by atoms with van der Waals surface area (Å²) in [6.07, 6.45) is 6.45. The number of rotatable bonds is 6. The number of carboxylic acids is 1. The van der Waals surface area contributed by atoms with Gasteiger partial charge in [0.05, 0.1) is 31.8 Å². The number of benzene rings is 1. The molecule has 0 saturated heterocycles. The highest BCUT2D eigenvalue weighted by atomic mass is 16.5. The molecule has 2 aliphatic rings. The number of aromatic carboxylic acids is 1. The summed E-state index contributed by atoms with van der Waals surface area (Å²) in [5.41, 5.74) is 2.95. The van der Waals surface area contributed by atoms with E-state index in [2.05, 4.69) is 0 Å². The lowest BCUT2D eigenvalue weighted by Gasteiger charge is -2.25. The van der Waals surface area contributed by atoms with E-state index >= 15 is 0 Å². The predicted molar refractivity (Wildman–Crippen MR) is 104 cm³/mol. The molecule has 0 radical (unpaired) electrons. The van der Waals surface area contributed by atoms with Gasteiger partial charge in [0, 0.05) is 11.1 Å². The number of hydrogen-bond donors (Lipinski definition) is 1. The van der Waals surface area contributed by atoms with Crippen LogP contribution in [-0.2, 0) is 27.3 Å². The Morgan fingerprint density at radius 2 is 2.03 bits per heavy atom. The van der Waals surface area contributed by atoms with Gasteiger partial charge in [-0.15, -0.1) is 0 Å². The largest absolute Gasteiger partial charge is 0.496 e. The van der Waals surface area contributed by atoms with Gasteiger partial charge in [-0.3, -0.25) is 4.79 Å². The van der Waals surface area contributed by atoms with Crippen molar-refractivity contribution in [3.05, 3.63) is 39.5 Å². The first-order valence-electron chi connectivity index (χ1n) is 9.77. The summed E-state index contributed by atoms with van der Waals surface area (Å²) in [4.78, 5) is 36.0. The topological polar surface area (TPSA) is 99.1 Å². The number of allylic oxidation sites excluding steroid dienone is 2. The number of ether oxygens (including phenoxy) is 3. The van der Waals surface area contributed by atoms with Crippen molar-refractivity contribution < 1.29 is 33.7 Å². The highest BCUT2D eigenvalue weighted by Crippen LogP contribution is 2.39. The molecule has 7 heteroatoms. The molecule has 1 aliphatic heterocycles. The molecule has 0 amide bonds. The van der Waals surface area contributed by atoms with Crippen molar-refractivity contribution in [2.24, 2.45) is 5.92 Å². The summed E-state index contributed by atoms with van der Waals surface area (Å²) < 4.78 is 15.4. The highest BCUT2D eigenvalue weighted by Gasteiger charge is 2.34. The average Bonchev–Trinajstić information content (AvgIpc) is 3.08. The van der Waals surface area contributed by atoms with Crippen LogP contribution in [0.2, 0.25) is 0 Å². The first-order valence-corrected chi connectivity index (χ1v) is 9.77. The summed E-state index contributed by atoms with van der Waals surface area (Å²) in [6.45, 7) is 1.86. The van der Waals surface area contributed by atoms with Crippen molar-refractivity contribution in [1.29, 1.82) is 0 Å². The number of cyclic esters (lactones) is 1. The third kappa shape index (κ3) is 3.99. The number of carbonyl (C=O) groups is 3. The average molecular weight is 402 g/mol. The number of fused-ring (bicyclic) bond motifs is 1. The van der Waals surface area contributed by atoms with Crippen LogP contribution in [0.25, 0.3) is 0 Å². The molecule has 0 spiro atoms. The number of esters is 2. The van der Waals surface area contributed by atoms with Crippen LogP contribution in [0.4, 0.5) is 0 Å². The quantitative estimate of drug-likeness (QED) is 0.573. The molecule has 3 rings (SSSR count). The number of methoxy groups -OCH3 is 2. The van der Waals surface area contributed by atoms with E-state index in [1.807, 2.05) is 13.0 Å². The fraction of sp³-hybridized carbons (Fsp3) is 0.500. The smallest absolute Gasteiger partial charge is 0.339 e. The molecule has 1 fully saturated rings. The molecule has 1 N–H and O–H groups in total. The van der Waals surface area contributed by atoms with E-state index < -0.39 is 11.9 Å². The molecule has 156 valence electrons. The SMILES string of the molecule is COC(=O)CC1CCCC/C1=C\Cc1c(OC)c(C)c2c(c1C(=O)O)C(=O)OC2. The summed E-state index contributed by atoms with van der Waals surface area (Å²) in [5.74, 6) is -1.48. The molecule has 0 bridgehead atoms. The zero-order valence-corrected chi connectivity index (χ0v) is 17.0. The maximum absolute atomic E-state index is 12.2. The fourth-order valence-corrected chi connectivity index (χ4v) is 4.42. The normalized spacial score (nSPS) is 19.6. The molecule has 1 aromatic rings. The van der Waals surface area contributed by atoms with Crippen LogP contribution in [0.15, 0.2) is 11.6 Å². The lowest BCUT2D eigenvalue weighted by molar-refractivity contribution is -0.141. The van der Waals surface area contributed by atoms with Crippen LogP contribution < -0.4 is 4.74 Å². The third-order valence-electron chi connectivity index (χ3n) is 5.89. The molecule has 29 heavy (non-hydrogen) atoms. The van der Waals surface area contributed by atoms with Gasteiger partial charge in [0.25, 0.3) is 0 Å². The zero-order valence-electron chi connectivity index (χ0n) is 17.0. The second kappa shape index (κ2) is 8.68. The number of carboxylic acid groups (broad SMARTS) is 1. The number of carbonyl (C=O) groups excluding carboxylic acids is 2. The first-order chi connectivity index (χ1) is 13.9. The van der Waals surface area contributed by atoms with Crippen LogP contribution in [-0.4, -0.2) is 37.2 Å². The summed E-state index contributed by atoms with van der Waals surface area (Å²) in [5, 5.41) is 9.85. The molecule has 1 saturated carbocycles. The summed E-state index contributed by atoms with van der Waals surface area (Å²) >= 11 is 0. The van der Waals surface area contributed by atoms with Crippen molar-refractivity contribution in [3.8, 4) is 5.75 Å². The van der Waals surface area contributed by atoms with E-state index in [1.165, 1.54) is 14.2 Å². The van der Waals surface area contributed by atoms with Crippen LogP contribution in [0, 0.1) is 12.8 Å². The van der Waals surface area contributed by atoms with E-state index in [-0.39, 0.29) is 29.6 Å². The maximum atomic E-state index is 12.2. The molecule has 1 heterocycles. The summed E-state index contributed by atoms with van der Waals surface area (Å²) in [7, 11) is 2.88. The fourth-order valence-electron chi connectivity index (χ4n) is 4.42. The van der Waals surface area contributed by atoms with Crippen LogP contribution >= 0.6 is 0 Å². The van der Waals surface area contributed by atoms with E-state index in [0.717, 1.165) is 36.8 Å². The van der Waals surface area contributed by atoms with Crippen LogP contribution in [0.5, 0.6) is 5.75 Å². The number of hydrogen-bond acceptors (Lipinski definition) is 6. The van der Waals surface area contributed by atoms with Crippen molar-refractivity contribution in [1.82, 2.24) is 0 Å². The molecular weight excluding hydrogens is 376 g/mol. The van der Waals surface area contributed by atoms with Gasteiger partial charge in [-0.1, -0.05) is 18.1 Å². The molecule has 1 aliphatic carbocycles. The minimum absolute atomic E-state index is 0.0536. The van der Waals surface area contributed by atoms with Crippen LogP contribution in [0.3, 0.4) is 0 Å². The molecule has 7 nitrogen and oxygen atoms in total. The molecule has 1 atom stereocenters. The van der Waals surface area contributed by atoms with Gasteiger partial charge in [-0.2, -0.15) is 0 Å². The Morgan fingerprint density at radius 1 is 1.28 bits per heavy atom. The second-order valence-electron chi connectivity index (χ2n) is 7.45. The van der Waals surface area contributed by atoms with Crippen LogP contribution in [0.1, 0.15) is 69.5 Å². The monoisotopic (exact) mass is 402 g/mol. The molecule has 0 aromatic heterocycles. The van der Waals surface area contributed by atoms with E-state index in [0.29, 0.717) is 29.7 Å². The van der Waals surface area contributed by atoms with E-state index in [4.69, 9.17) is 14.2 Å².